The molecule has 0 atom stereocenters. The van der Waals surface area contributed by atoms with Gasteiger partial charge in [0, 0.05) is 68.2 Å². The van der Waals surface area contributed by atoms with Gasteiger partial charge in [-0.2, -0.15) is 4.98 Å². The van der Waals surface area contributed by atoms with Gasteiger partial charge in [-0.15, -0.1) is 0 Å². The highest BCUT2D eigenvalue weighted by Gasteiger charge is 2.26. The third kappa shape index (κ3) is 41.0. The van der Waals surface area contributed by atoms with Crippen LogP contribution in [0.4, 0.5) is 4.39 Å². The Balaban J connectivity index is 0.000000462. The predicted molar refractivity (Wildman–Crippen MR) is 330 cm³/mol. The zero-order valence-electron chi connectivity index (χ0n) is 53.7. The van der Waals surface area contributed by atoms with Crippen LogP contribution in [0.5, 0.6) is 11.6 Å². The van der Waals surface area contributed by atoms with Crippen molar-refractivity contribution in [3.63, 3.8) is 0 Å². The Morgan fingerprint density at radius 1 is 0.456 bits per heavy atom. The summed E-state index contributed by atoms with van der Waals surface area (Å²) in [6, 6.07) is 23.1. The number of hydrogen-bond donors (Lipinski definition) is 0. The van der Waals surface area contributed by atoms with Gasteiger partial charge in [0.15, 0.2) is 0 Å². The average molecular weight is 1090 g/mol. The third-order valence-electron chi connectivity index (χ3n) is 10.8. The SMILES string of the molecule is CC(C)(C)CC1CC1.CC(C)(C)Cc1ccccc1.CC(C)(C)Cc1ncccc1F.CC(C)(C)Cc1ncccn1.COc1cccnc1CC(C)(C)C.COc1ccnc(CC(C)C)n1.Cc1ccnc(CC(C)(C)C)n1. The highest BCUT2D eigenvalue weighted by Crippen LogP contribution is 2.39. The van der Waals surface area contributed by atoms with Gasteiger partial charge in [0.25, 0.3) is 0 Å². The smallest absolute Gasteiger partial charge is 0.216 e. The summed E-state index contributed by atoms with van der Waals surface area (Å²) >= 11 is 0. The fourth-order valence-corrected chi connectivity index (χ4v) is 7.60. The second-order valence-electron chi connectivity index (χ2n) is 28.4. The van der Waals surface area contributed by atoms with Gasteiger partial charge >= 0.3 is 0 Å². The van der Waals surface area contributed by atoms with Crippen molar-refractivity contribution in [1.82, 2.24) is 39.9 Å². The lowest BCUT2D eigenvalue weighted by molar-refractivity contribution is 0.354. The molecule has 0 N–H and O–H groups in total. The van der Waals surface area contributed by atoms with E-state index in [0.717, 1.165) is 72.6 Å². The average Bonchev–Trinajstić information content (AvgIpc) is 4.12. The molecule has 1 aliphatic carbocycles. The molecular weight excluding hydrogens is 980 g/mol. The molecule has 0 unspecified atom stereocenters. The minimum Gasteiger partial charge on any atom is -0.495 e. The molecule has 5 heterocycles. The molecule has 1 aromatic carbocycles. The van der Waals surface area contributed by atoms with Gasteiger partial charge < -0.3 is 9.47 Å². The largest absolute Gasteiger partial charge is 0.495 e. The molecule has 0 spiro atoms. The van der Waals surface area contributed by atoms with E-state index in [1.54, 1.807) is 51.1 Å². The molecule has 0 saturated heterocycles. The highest BCUT2D eigenvalue weighted by atomic mass is 19.1. The second kappa shape index (κ2) is 34.4. The standard InChI is InChI=1S/C11H17NO.C11H16.C10H14FN.C10H16N2.C9H14N2O.C9H14N2.C8H16/c1-11(2,3)8-9-10(13-4)6-5-7-12-9;1-11(2,3)9-10-7-5-4-6-8-10;1-10(2,3)7-9-8(11)5-4-6-12-9;1-8-5-6-11-9(12-8)7-10(2,3)4;1-7(2)6-8-10-5-4-9(11-8)12-3;1-9(2,3)7-8-10-5-4-6-11-8;1-8(2,3)6-7-4-5-7/h5-7H,8H2,1-4H3;4-8H,9H2,1-3H3;4-6H,7H2,1-3H3;5-6H,7H2,1-4H3;4-5,7H,6H2,1-3H3;4-6H,7H2,1-3H3;7H,4-6H2,1-3H3. The Morgan fingerprint density at radius 3 is 1.38 bits per heavy atom. The number of rotatable bonds is 10. The lowest BCUT2D eigenvalue weighted by atomic mass is 9.88. The first-order valence-electron chi connectivity index (χ1n) is 28.5. The van der Waals surface area contributed by atoms with E-state index < -0.39 is 0 Å². The van der Waals surface area contributed by atoms with Gasteiger partial charge in [-0.1, -0.05) is 182 Å². The monoisotopic (exact) mass is 1090 g/mol. The third-order valence-corrected chi connectivity index (χ3v) is 10.8. The van der Waals surface area contributed by atoms with Crippen LogP contribution >= 0.6 is 0 Å². The minimum atomic E-state index is -0.201. The van der Waals surface area contributed by atoms with E-state index in [0.29, 0.717) is 34.7 Å². The molecule has 1 saturated carbocycles. The maximum atomic E-state index is 13.1. The Labute approximate surface area is 480 Å². The fraction of sp³-hybridized carbons (Fsp3) is 0.588. The van der Waals surface area contributed by atoms with E-state index >= 15 is 0 Å². The Bertz CT molecular complexity index is 2470. The van der Waals surface area contributed by atoms with Crippen molar-refractivity contribution in [3.8, 4) is 11.6 Å². The quantitative estimate of drug-likeness (QED) is 0.131. The molecule has 79 heavy (non-hydrogen) atoms. The Kier molecular flexibility index (Phi) is 31.1. The summed E-state index contributed by atoms with van der Waals surface area (Å²) in [6.45, 7) is 46.0. The second-order valence-corrected chi connectivity index (χ2v) is 28.4. The van der Waals surface area contributed by atoms with Crippen molar-refractivity contribution in [2.45, 2.75) is 203 Å². The summed E-state index contributed by atoms with van der Waals surface area (Å²) in [7, 11) is 3.30. The first-order chi connectivity index (χ1) is 36.4. The van der Waals surface area contributed by atoms with E-state index in [4.69, 9.17) is 9.47 Å². The predicted octanol–water partition coefficient (Wildman–Crippen LogP) is 17.7. The van der Waals surface area contributed by atoms with Crippen LogP contribution in [0.1, 0.15) is 198 Å². The van der Waals surface area contributed by atoms with Gasteiger partial charge in [0.1, 0.15) is 29.0 Å². The van der Waals surface area contributed by atoms with E-state index in [1.807, 2.05) is 43.6 Å². The van der Waals surface area contributed by atoms with Crippen LogP contribution in [0.3, 0.4) is 0 Å². The molecule has 1 aliphatic rings. The summed E-state index contributed by atoms with van der Waals surface area (Å²) in [4.78, 5) is 33.5. The zero-order valence-corrected chi connectivity index (χ0v) is 53.7. The van der Waals surface area contributed by atoms with Crippen LogP contribution in [0, 0.1) is 57.1 Å². The summed E-state index contributed by atoms with van der Waals surface area (Å²) < 4.78 is 23.3. The van der Waals surface area contributed by atoms with Crippen molar-refractivity contribution in [1.29, 1.82) is 0 Å². The van der Waals surface area contributed by atoms with Crippen molar-refractivity contribution < 1.29 is 13.9 Å². The summed E-state index contributed by atoms with van der Waals surface area (Å²) in [5.74, 6) is 5.73. The molecule has 0 amide bonds. The number of hydrogen-bond acceptors (Lipinski definition) is 10. The molecule has 0 radical (unpaired) electrons. The Hall–Kier alpha value is -5.71. The van der Waals surface area contributed by atoms with Gasteiger partial charge in [-0.25, -0.2) is 29.3 Å². The van der Waals surface area contributed by atoms with Crippen molar-refractivity contribution >= 4 is 0 Å². The molecule has 1 fully saturated rings. The molecule has 11 heteroatoms. The molecule has 7 rings (SSSR count). The summed E-state index contributed by atoms with van der Waals surface area (Å²) in [5, 5.41) is 0. The first kappa shape index (κ1) is 71.3. The normalized spacial score (nSPS) is 12.4. The summed E-state index contributed by atoms with van der Waals surface area (Å²) in [5.41, 5.74) is 5.96. The Morgan fingerprint density at radius 2 is 0.924 bits per heavy atom. The maximum Gasteiger partial charge on any atom is 0.216 e. The maximum absolute atomic E-state index is 13.1. The molecule has 0 bridgehead atoms. The number of halogens is 1. The van der Waals surface area contributed by atoms with E-state index in [2.05, 4.69) is 209 Å². The fourth-order valence-electron chi connectivity index (χ4n) is 7.60. The lowest BCUT2D eigenvalue weighted by Gasteiger charge is -2.18. The van der Waals surface area contributed by atoms with Crippen molar-refractivity contribution in [2.75, 3.05) is 14.2 Å². The number of aromatic nitrogens is 8. The zero-order chi connectivity index (χ0) is 60.1. The van der Waals surface area contributed by atoms with Gasteiger partial charge in [0.2, 0.25) is 5.88 Å². The first-order valence-corrected chi connectivity index (χ1v) is 28.5. The molecular formula is C68H107FN8O2. The topological polar surface area (TPSA) is 122 Å². The van der Waals surface area contributed by atoms with Crippen LogP contribution < -0.4 is 9.47 Å². The molecule has 0 aliphatic heterocycles. The van der Waals surface area contributed by atoms with Crippen LogP contribution in [-0.2, 0) is 38.5 Å². The molecule has 5 aromatic heterocycles. The number of nitrogens with zero attached hydrogens (tertiary/aromatic N) is 8. The van der Waals surface area contributed by atoms with Crippen LogP contribution in [0.25, 0.3) is 0 Å². The number of benzene rings is 1. The number of methoxy groups -OCH3 is 2. The van der Waals surface area contributed by atoms with E-state index in [9.17, 15) is 4.39 Å². The van der Waals surface area contributed by atoms with Crippen LogP contribution in [0.15, 0.2) is 110 Å². The molecule has 438 valence electrons. The lowest BCUT2D eigenvalue weighted by Crippen LogP contribution is -2.12. The minimum absolute atomic E-state index is 0.0925. The molecule has 10 nitrogen and oxygen atoms in total. The van der Waals surface area contributed by atoms with Crippen LogP contribution in [-0.4, -0.2) is 54.1 Å². The summed E-state index contributed by atoms with van der Waals surface area (Å²) in [6.07, 6.45) is 20.6. The van der Waals surface area contributed by atoms with Gasteiger partial charge in [-0.05, 0) is 119 Å². The van der Waals surface area contributed by atoms with Crippen molar-refractivity contribution in [3.05, 3.63) is 156 Å². The number of pyridine rings is 2. The van der Waals surface area contributed by atoms with Crippen LogP contribution in [0.2, 0.25) is 0 Å². The van der Waals surface area contributed by atoms with E-state index in [-0.39, 0.29) is 27.5 Å². The van der Waals surface area contributed by atoms with Crippen molar-refractivity contribution in [2.24, 2.45) is 44.3 Å². The van der Waals surface area contributed by atoms with Gasteiger partial charge in [0.05, 0.1) is 25.6 Å². The van der Waals surface area contributed by atoms with E-state index in [1.165, 1.54) is 30.9 Å². The number of aryl methyl sites for hydroxylation is 1. The van der Waals surface area contributed by atoms with Gasteiger partial charge in [-0.3, -0.25) is 9.97 Å². The molecule has 6 aromatic rings. The number of ether oxygens (including phenoxy) is 2. The highest BCUT2D eigenvalue weighted by molar-refractivity contribution is 5.27.